The predicted octanol–water partition coefficient (Wildman–Crippen LogP) is 3.55. The van der Waals surface area contributed by atoms with E-state index in [0.29, 0.717) is 12.3 Å². The third-order valence-electron chi connectivity index (χ3n) is 5.34. The number of aliphatic hydroxyl groups is 1. The van der Waals surface area contributed by atoms with Gasteiger partial charge >= 0.3 is 12.1 Å². The molecule has 3 atom stereocenters. The molecule has 150 valence electrons. The lowest BCUT2D eigenvalue weighted by atomic mass is 9.81. The number of carbonyl (C=O) groups is 2. The van der Waals surface area contributed by atoms with Crippen LogP contribution in [0.5, 0.6) is 0 Å². The van der Waals surface area contributed by atoms with Gasteiger partial charge in [-0.25, -0.2) is 4.79 Å². The van der Waals surface area contributed by atoms with Crippen molar-refractivity contribution < 1.29 is 24.2 Å². The largest absolute Gasteiger partial charge is 0.460 e. The van der Waals surface area contributed by atoms with E-state index in [1.807, 2.05) is 20.8 Å². The molecule has 0 unspecified atom stereocenters. The summed E-state index contributed by atoms with van der Waals surface area (Å²) >= 11 is 0. The lowest BCUT2D eigenvalue weighted by molar-refractivity contribution is -0.150. The zero-order valence-corrected chi connectivity index (χ0v) is 16.8. The first-order valence-electron chi connectivity index (χ1n) is 9.88. The minimum atomic E-state index is -1.13. The van der Waals surface area contributed by atoms with Gasteiger partial charge in [-0.1, -0.05) is 32.1 Å². The summed E-state index contributed by atoms with van der Waals surface area (Å²) in [5, 5.41) is 13.2. The van der Waals surface area contributed by atoms with Gasteiger partial charge in [0.2, 0.25) is 0 Å². The molecule has 1 saturated heterocycles. The van der Waals surface area contributed by atoms with Crippen LogP contribution in [0.15, 0.2) is 0 Å². The van der Waals surface area contributed by atoms with Gasteiger partial charge in [-0.2, -0.15) is 0 Å². The van der Waals surface area contributed by atoms with E-state index in [4.69, 9.17) is 9.47 Å². The SMILES string of the molecule is CC(C)(C)OC(=O)N[C@H](CC1CCCCC1)[C@@H]1C[C@H](C(C)(C)O)C(=O)O1. The number of rotatable bonds is 5. The summed E-state index contributed by atoms with van der Waals surface area (Å²) in [5.74, 6) is -0.437. The van der Waals surface area contributed by atoms with Crippen LogP contribution in [0, 0.1) is 11.8 Å². The molecule has 6 heteroatoms. The Hall–Kier alpha value is -1.30. The van der Waals surface area contributed by atoms with Crippen molar-refractivity contribution in [3.8, 4) is 0 Å². The second kappa shape index (κ2) is 8.15. The Balaban J connectivity index is 2.07. The fourth-order valence-electron chi connectivity index (χ4n) is 3.98. The molecule has 0 aromatic carbocycles. The third-order valence-corrected chi connectivity index (χ3v) is 5.34. The first-order chi connectivity index (χ1) is 12.0. The van der Waals surface area contributed by atoms with Crippen LogP contribution in [0.3, 0.4) is 0 Å². The average Bonchev–Trinajstić information content (AvgIpc) is 2.88. The summed E-state index contributed by atoms with van der Waals surface area (Å²) in [6.45, 7) is 8.71. The highest BCUT2D eigenvalue weighted by Crippen LogP contribution is 2.35. The molecule has 1 heterocycles. The van der Waals surface area contributed by atoms with Crippen molar-refractivity contribution in [1.82, 2.24) is 5.32 Å². The summed E-state index contributed by atoms with van der Waals surface area (Å²) in [4.78, 5) is 24.5. The van der Waals surface area contributed by atoms with Crippen LogP contribution < -0.4 is 5.32 Å². The molecule has 1 aliphatic carbocycles. The Kier molecular flexibility index (Phi) is 6.59. The van der Waals surface area contributed by atoms with Crippen LogP contribution in [0.4, 0.5) is 4.79 Å². The molecule has 1 saturated carbocycles. The molecule has 2 fully saturated rings. The lowest BCUT2D eigenvalue weighted by Gasteiger charge is -2.31. The van der Waals surface area contributed by atoms with Gasteiger partial charge in [0, 0.05) is 6.42 Å². The van der Waals surface area contributed by atoms with Crippen molar-refractivity contribution in [2.45, 2.75) is 103 Å². The van der Waals surface area contributed by atoms with E-state index in [1.54, 1.807) is 13.8 Å². The molecule has 2 aliphatic rings. The molecule has 2 N–H and O–H groups in total. The Morgan fingerprint density at radius 3 is 2.35 bits per heavy atom. The fourth-order valence-corrected chi connectivity index (χ4v) is 3.98. The van der Waals surface area contributed by atoms with Gasteiger partial charge in [-0.15, -0.1) is 0 Å². The third kappa shape index (κ3) is 6.15. The van der Waals surface area contributed by atoms with Gasteiger partial charge in [-0.05, 0) is 47.0 Å². The molecule has 26 heavy (non-hydrogen) atoms. The molecular formula is C20H35NO5. The summed E-state index contributed by atoms with van der Waals surface area (Å²) in [7, 11) is 0. The Morgan fingerprint density at radius 1 is 1.23 bits per heavy atom. The summed E-state index contributed by atoms with van der Waals surface area (Å²) in [6, 6.07) is -0.288. The maximum atomic E-state index is 12.3. The van der Waals surface area contributed by atoms with E-state index in [2.05, 4.69) is 5.32 Å². The zero-order valence-electron chi connectivity index (χ0n) is 16.8. The molecule has 6 nitrogen and oxygen atoms in total. The summed E-state index contributed by atoms with van der Waals surface area (Å²) in [6.07, 6.45) is 6.24. The molecule has 1 amide bonds. The molecule has 1 aliphatic heterocycles. The predicted molar refractivity (Wildman–Crippen MR) is 98.6 cm³/mol. The maximum Gasteiger partial charge on any atom is 0.408 e. The number of nitrogens with one attached hydrogen (secondary N) is 1. The maximum absolute atomic E-state index is 12.3. The van der Waals surface area contributed by atoms with Gasteiger partial charge in [0.1, 0.15) is 11.7 Å². The molecule has 2 rings (SSSR count). The number of hydrogen-bond acceptors (Lipinski definition) is 5. The second-order valence-electron chi connectivity index (χ2n) is 9.41. The molecule has 0 spiro atoms. The van der Waals surface area contributed by atoms with Crippen LogP contribution in [0.2, 0.25) is 0 Å². The van der Waals surface area contributed by atoms with Crippen LogP contribution >= 0.6 is 0 Å². The first-order valence-corrected chi connectivity index (χ1v) is 9.88. The highest BCUT2D eigenvalue weighted by atomic mass is 16.6. The number of ether oxygens (including phenoxy) is 2. The number of cyclic esters (lactones) is 1. The molecule has 0 aromatic heterocycles. The summed E-state index contributed by atoms with van der Waals surface area (Å²) in [5.41, 5.74) is -1.71. The van der Waals surface area contributed by atoms with Gasteiger partial charge in [0.15, 0.2) is 0 Å². The van der Waals surface area contributed by atoms with Crippen molar-refractivity contribution in [1.29, 1.82) is 0 Å². The Labute approximate surface area is 157 Å². The number of alkyl carbamates (subject to hydrolysis) is 1. The quantitative estimate of drug-likeness (QED) is 0.724. The van der Waals surface area contributed by atoms with Crippen molar-refractivity contribution in [3.05, 3.63) is 0 Å². The van der Waals surface area contributed by atoms with Gasteiger partial charge in [0.25, 0.3) is 0 Å². The number of esters is 1. The molecule has 0 bridgehead atoms. The minimum absolute atomic E-state index is 0.288. The highest BCUT2D eigenvalue weighted by molar-refractivity contribution is 5.76. The Bertz CT molecular complexity index is 499. The smallest absolute Gasteiger partial charge is 0.408 e. The van der Waals surface area contributed by atoms with Crippen LogP contribution in [0.25, 0.3) is 0 Å². The topological polar surface area (TPSA) is 84.9 Å². The monoisotopic (exact) mass is 369 g/mol. The van der Waals surface area contributed by atoms with E-state index < -0.39 is 29.3 Å². The van der Waals surface area contributed by atoms with E-state index in [-0.39, 0.29) is 12.0 Å². The van der Waals surface area contributed by atoms with Crippen molar-refractivity contribution in [2.75, 3.05) is 0 Å². The number of hydrogen-bond donors (Lipinski definition) is 2. The fraction of sp³-hybridized carbons (Fsp3) is 0.900. The zero-order chi connectivity index (χ0) is 19.5. The van der Waals surface area contributed by atoms with Gasteiger partial charge < -0.3 is 19.9 Å². The minimum Gasteiger partial charge on any atom is -0.460 e. The van der Waals surface area contributed by atoms with Gasteiger partial charge in [0.05, 0.1) is 17.6 Å². The highest BCUT2D eigenvalue weighted by Gasteiger charge is 2.46. The molecule has 0 radical (unpaired) electrons. The van der Waals surface area contributed by atoms with E-state index in [9.17, 15) is 14.7 Å². The van der Waals surface area contributed by atoms with Gasteiger partial charge in [-0.3, -0.25) is 4.79 Å². The standard InChI is InChI=1S/C20H35NO5/c1-19(2,3)26-18(23)21-15(11-13-9-7-6-8-10-13)16-12-14(17(22)25-16)20(4,5)24/h13-16,24H,6-12H2,1-5H3,(H,21,23)/t14-,15+,16-/m0/s1. The van der Waals surface area contributed by atoms with Crippen LogP contribution in [-0.2, 0) is 14.3 Å². The average molecular weight is 370 g/mol. The van der Waals surface area contributed by atoms with E-state index in [0.717, 1.165) is 19.3 Å². The number of carbonyl (C=O) groups excluding carboxylic acids is 2. The second-order valence-corrected chi connectivity index (χ2v) is 9.41. The summed E-state index contributed by atoms with van der Waals surface area (Å²) < 4.78 is 11.0. The van der Waals surface area contributed by atoms with Crippen molar-refractivity contribution in [3.63, 3.8) is 0 Å². The number of amides is 1. The van der Waals surface area contributed by atoms with E-state index >= 15 is 0 Å². The van der Waals surface area contributed by atoms with Crippen molar-refractivity contribution >= 4 is 12.1 Å². The Morgan fingerprint density at radius 2 is 1.85 bits per heavy atom. The lowest BCUT2D eigenvalue weighted by Crippen LogP contribution is -2.46. The van der Waals surface area contributed by atoms with Crippen LogP contribution in [-0.4, -0.2) is 40.5 Å². The van der Waals surface area contributed by atoms with Crippen LogP contribution in [0.1, 0.15) is 79.6 Å². The normalized spacial score (nSPS) is 26.3. The van der Waals surface area contributed by atoms with E-state index in [1.165, 1.54) is 19.3 Å². The molecular weight excluding hydrogens is 334 g/mol. The van der Waals surface area contributed by atoms with Crippen molar-refractivity contribution in [2.24, 2.45) is 11.8 Å². The first kappa shape index (κ1) is 21.0. The molecule has 0 aromatic rings.